The van der Waals surface area contributed by atoms with Crippen molar-refractivity contribution >= 4 is 29.3 Å². The number of hydrogen-bond donors (Lipinski definition) is 1. The number of fused-ring (bicyclic) bond motifs is 1. The van der Waals surface area contributed by atoms with E-state index in [9.17, 15) is 14.4 Å². The molecule has 1 N–H and O–H groups in total. The molecule has 1 fully saturated rings. The highest BCUT2D eigenvalue weighted by atomic mass is 35.5. The van der Waals surface area contributed by atoms with Crippen LogP contribution in [0.4, 0.5) is 0 Å². The van der Waals surface area contributed by atoms with E-state index in [2.05, 4.69) is 5.32 Å². The first-order valence-electron chi connectivity index (χ1n) is 10.7. The van der Waals surface area contributed by atoms with E-state index in [0.29, 0.717) is 62.1 Å². The van der Waals surface area contributed by atoms with Gasteiger partial charge in [0.05, 0.1) is 12.2 Å². The molecular formula is C22H30ClN3O4. The molecule has 0 saturated carbocycles. The molecule has 0 unspecified atom stereocenters. The normalized spacial score (nSPS) is 19.5. The number of carbonyl (C=O) groups is 3. The molecule has 3 amide bonds. The standard InChI is InChI=1S/C22H30ClN3O4/c1-16(27)25-12-7-17(8-13-25)22(29)26-10-3-2-9-24-21(28)19-15-18(23)5-6-20(19)30-14-4-11-26/h5-6,15,17H,2-4,7-14H2,1H3,(H,24,28). The molecule has 2 aliphatic rings. The van der Waals surface area contributed by atoms with Crippen LogP contribution in [-0.4, -0.2) is 66.9 Å². The van der Waals surface area contributed by atoms with Gasteiger partial charge in [-0.15, -0.1) is 0 Å². The molecule has 164 valence electrons. The van der Waals surface area contributed by atoms with Gasteiger partial charge in [-0.05, 0) is 50.3 Å². The minimum Gasteiger partial charge on any atom is -0.493 e. The zero-order valence-electron chi connectivity index (χ0n) is 17.5. The fraction of sp³-hybridized carbons (Fsp3) is 0.591. The van der Waals surface area contributed by atoms with Gasteiger partial charge >= 0.3 is 0 Å². The quantitative estimate of drug-likeness (QED) is 0.735. The first kappa shape index (κ1) is 22.4. The molecule has 1 aromatic rings. The maximum absolute atomic E-state index is 13.1. The van der Waals surface area contributed by atoms with Gasteiger partial charge in [0.15, 0.2) is 0 Å². The number of piperidine rings is 1. The zero-order chi connectivity index (χ0) is 21.5. The van der Waals surface area contributed by atoms with Crippen LogP contribution in [-0.2, 0) is 9.59 Å². The van der Waals surface area contributed by atoms with E-state index in [0.717, 1.165) is 25.7 Å². The smallest absolute Gasteiger partial charge is 0.255 e. The monoisotopic (exact) mass is 435 g/mol. The number of hydrogen-bond acceptors (Lipinski definition) is 4. The second-order valence-electron chi connectivity index (χ2n) is 7.91. The Morgan fingerprint density at radius 3 is 2.53 bits per heavy atom. The Morgan fingerprint density at radius 1 is 1.07 bits per heavy atom. The zero-order valence-corrected chi connectivity index (χ0v) is 18.2. The number of nitrogens with one attached hydrogen (secondary N) is 1. The fourth-order valence-electron chi connectivity index (χ4n) is 4.00. The predicted octanol–water partition coefficient (Wildman–Crippen LogP) is 2.72. The van der Waals surface area contributed by atoms with Crippen molar-refractivity contribution in [2.24, 2.45) is 5.92 Å². The SMILES string of the molecule is CC(=O)N1CCC(C(=O)N2CCCCNC(=O)c3cc(Cl)ccc3OCCC2)CC1. The predicted molar refractivity (Wildman–Crippen MR) is 115 cm³/mol. The molecule has 0 atom stereocenters. The Hall–Kier alpha value is -2.28. The van der Waals surface area contributed by atoms with Crippen LogP contribution < -0.4 is 10.1 Å². The summed E-state index contributed by atoms with van der Waals surface area (Å²) in [6.07, 6.45) is 3.73. The van der Waals surface area contributed by atoms with Crippen molar-refractivity contribution in [1.82, 2.24) is 15.1 Å². The third kappa shape index (κ3) is 5.88. The maximum atomic E-state index is 13.1. The lowest BCUT2D eigenvalue weighted by Crippen LogP contribution is -2.44. The van der Waals surface area contributed by atoms with Gasteiger partial charge in [0.25, 0.3) is 5.91 Å². The molecule has 30 heavy (non-hydrogen) atoms. The van der Waals surface area contributed by atoms with Crippen LogP contribution in [0.2, 0.25) is 5.02 Å². The second kappa shape index (κ2) is 10.7. The van der Waals surface area contributed by atoms with Gasteiger partial charge in [-0.25, -0.2) is 0 Å². The largest absolute Gasteiger partial charge is 0.493 e. The third-order valence-electron chi connectivity index (χ3n) is 5.76. The van der Waals surface area contributed by atoms with Gasteiger partial charge in [0, 0.05) is 50.6 Å². The van der Waals surface area contributed by atoms with Gasteiger partial charge < -0.3 is 19.9 Å². The van der Waals surface area contributed by atoms with Crippen molar-refractivity contribution in [2.75, 3.05) is 39.3 Å². The van der Waals surface area contributed by atoms with Crippen LogP contribution in [0.25, 0.3) is 0 Å². The van der Waals surface area contributed by atoms with E-state index in [1.165, 1.54) is 0 Å². The topological polar surface area (TPSA) is 79.0 Å². The molecule has 0 radical (unpaired) electrons. The highest BCUT2D eigenvalue weighted by Crippen LogP contribution is 2.24. The molecule has 0 aromatic heterocycles. The van der Waals surface area contributed by atoms with Crippen molar-refractivity contribution in [2.45, 2.75) is 39.0 Å². The highest BCUT2D eigenvalue weighted by molar-refractivity contribution is 6.31. The highest BCUT2D eigenvalue weighted by Gasteiger charge is 2.29. The van der Waals surface area contributed by atoms with Gasteiger partial charge in [-0.2, -0.15) is 0 Å². The van der Waals surface area contributed by atoms with E-state index in [4.69, 9.17) is 16.3 Å². The van der Waals surface area contributed by atoms with E-state index >= 15 is 0 Å². The Bertz CT molecular complexity index is 778. The molecule has 2 heterocycles. The minimum atomic E-state index is -0.197. The lowest BCUT2D eigenvalue weighted by molar-refractivity contribution is -0.140. The number of likely N-dealkylation sites (tertiary alicyclic amines) is 1. The molecule has 1 aromatic carbocycles. The van der Waals surface area contributed by atoms with E-state index in [1.807, 2.05) is 9.80 Å². The van der Waals surface area contributed by atoms with Crippen LogP contribution >= 0.6 is 11.6 Å². The number of amides is 3. The van der Waals surface area contributed by atoms with Crippen LogP contribution in [0.1, 0.15) is 49.4 Å². The molecule has 3 rings (SSSR count). The molecule has 0 bridgehead atoms. The van der Waals surface area contributed by atoms with Crippen molar-refractivity contribution in [3.63, 3.8) is 0 Å². The average Bonchev–Trinajstić information content (AvgIpc) is 2.76. The van der Waals surface area contributed by atoms with E-state index in [-0.39, 0.29) is 23.6 Å². The maximum Gasteiger partial charge on any atom is 0.255 e. The Morgan fingerprint density at radius 2 is 1.80 bits per heavy atom. The first-order valence-corrected chi connectivity index (χ1v) is 11.1. The summed E-state index contributed by atoms with van der Waals surface area (Å²) < 4.78 is 5.84. The molecular weight excluding hydrogens is 406 g/mol. The molecule has 7 nitrogen and oxygen atoms in total. The Balaban J connectivity index is 1.62. The first-order chi connectivity index (χ1) is 14.5. The molecule has 2 aliphatic heterocycles. The van der Waals surface area contributed by atoms with Gasteiger partial charge in [-0.1, -0.05) is 11.6 Å². The third-order valence-corrected chi connectivity index (χ3v) is 5.99. The van der Waals surface area contributed by atoms with E-state index in [1.54, 1.807) is 25.1 Å². The summed E-state index contributed by atoms with van der Waals surface area (Å²) in [4.78, 5) is 40.8. The lowest BCUT2D eigenvalue weighted by Gasteiger charge is -2.34. The number of halogens is 1. The number of carbonyl (C=O) groups excluding carboxylic acids is 3. The Labute approximate surface area is 182 Å². The molecule has 8 heteroatoms. The van der Waals surface area contributed by atoms with Crippen molar-refractivity contribution in [3.05, 3.63) is 28.8 Å². The summed E-state index contributed by atoms with van der Waals surface area (Å²) in [5.74, 6) is 0.524. The molecule has 0 aliphatic carbocycles. The van der Waals surface area contributed by atoms with Crippen molar-refractivity contribution in [1.29, 1.82) is 0 Å². The summed E-state index contributed by atoms with van der Waals surface area (Å²) >= 11 is 6.05. The number of benzene rings is 1. The summed E-state index contributed by atoms with van der Waals surface area (Å²) in [7, 11) is 0. The molecule has 1 saturated heterocycles. The Kier molecular flexibility index (Phi) is 7.96. The summed E-state index contributed by atoms with van der Waals surface area (Å²) in [5.41, 5.74) is 0.437. The number of nitrogens with zero attached hydrogens (tertiary/aromatic N) is 2. The van der Waals surface area contributed by atoms with Crippen LogP contribution in [0.5, 0.6) is 5.75 Å². The average molecular weight is 436 g/mol. The number of ether oxygens (including phenoxy) is 1. The van der Waals surface area contributed by atoms with Crippen LogP contribution in [0.3, 0.4) is 0 Å². The summed E-state index contributed by atoms with van der Waals surface area (Å²) in [6.45, 7) is 5.10. The fourth-order valence-corrected chi connectivity index (χ4v) is 4.17. The van der Waals surface area contributed by atoms with Crippen molar-refractivity contribution < 1.29 is 19.1 Å². The summed E-state index contributed by atoms with van der Waals surface area (Å²) in [6, 6.07) is 5.03. The minimum absolute atomic E-state index is 0.0280. The van der Waals surface area contributed by atoms with Crippen LogP contribution in [0, 0.1) is 5.92 Å². The number of rotatable bonds is 1. The van der Waals surface area contributed by atoms with Gasteiger partial charge in [0.2, 0.25) is 11.8 Å². The van der Waals surface area contributed by atoms with E-state index < -0.39 is 0 Å². The second-order valence-corrected chi connectivity index (χ2v) is 8.35. The lowest BCUT2D eigenvalue weighted by atomic mass is 9.95. The molecule has 0 spiro atoms. The van der Waals surface area contributed by atoms with Crippen LogP contribution in [0.15, 0.2) is 18.2 Å². The van der Waals surface area contributed by atoms with Gasteiger partial charge in [-0.3, -0.25) is 14.4 Å². The van der Waals surface area contributed by atoms with Gasteiger partial charge in [0.1, 0.15) is 5.75 Å². The van der Waals surface area contributed by atoms with Crippen molar-refractivity contribution in [3.8, 4) is 5.75 Å². The summed E-state index contributed by atoms with van der Waals surface area (Å²) in [5, 5.41) is 3.40.